The van der Waals surface area contributed by atoms with Gasteiger partial charge in [0.15, 0.2) is 5.82 Å². The Morgan fingerprint density at radius 1 is 1.21 bits per heavy atom. The van der Waals surface area contributed by atoms with Gasteiger partial charge in [-0.1, -0.05) is 31.2 Å². The smallest absolute Gasteiger partial charge is 0.410 e. The number of halogens is 1. The van der Waals surface area contributed by atoms with Gasteiger partial charge in [0.1, 0.15) is 17.7 Å². The maximum absolute atomic E-state index is 15.0. The Morgan fingerprint density at radius 2 is 1.93 bits per heavy atom. The van der Waals surface area contributed by atoms with Crippen molar-refractivity contribution < 1.29 is 33.7 Å². The van der Waals surface area contributed by atoms with Crippen molar-refractivity contribution in [2.75, 3.05) is 39.8 Å². The standard InChI is InChI=1S/C31H44FN5O6/c1-19-6-8-24(39)17-28(40)43-30(20(2)7-9-27(19)42-31(41)36-12-10-35(5)11-13-36)21(3)14-23-15-25(32)29-26(16-23)37(34-33-29)22(4)18-38/h7,9,14-16,19-20,22,24,27,30,38-39H,6,8,10-13,17-18H2,1-5H3/b9-7+,21-14+/t19-,20+,22+,24+,27-,30+/m1/s1. The van der Waals surface area contributed by atoms with E-state index in [0.717, 1.165) is 13.1 Å². The lowest BCUT2D eigenvalue weighted by Crippen LogP contribution is -2.48. The highest BCUT2D eigenvalue weighted by Gasteiger charge is 2.29. The fraction of sp³-hybridized carbons (Fsp3) is 0.613. The zero-order chi connectivity index (χ0) is 31.3. The number of rotatable bonds is 5. The van der Waals surface area contributed by atoms with Crippen molar-refractivity contribution in [1.29, 1.82) is 0 Å². The van der Waals surface area contributed by atoms with Crippen molar-refractivity contribution in [3.05, 3.63) is 41.2 Å². The molecule has 4 rings (SSSR count). The van der Waals surface area contributed by atoms with Gasteiger partial charge in [0.05, 0.1) is 30.7 Å². The number of piperazine rings is 1. The minimum absolute atomic E-state index is 0.0884. The molecule has 0 saturated carbocycles. The van der Waals surface area contributed by atoms with Gasteiger partial charge in [-0.2, -0.15) is 0 Å². The molecule has 0 aliphatic carbocycles. The summed E-state index contributed by atoms with van der Waals surface area (Å²) >= 11 is 0. The molecule has 236 valence electrons. The topological polar surface area (TPSA) is 130 Å². The molecule has 2 N–H and O–H groups in total. The van der Waals surface area contributed by atoms with Crippen LogP contribution in [0.1, 0.15) is 58.6 Å². The van der Waals surface area contributed by atoms with Gasteiger partial charge in [-0.25, -0.2) is 13.9 Å². The van der Waals surface area contributed by atoms with Crippen LogP contribution in [0.3, 0.4) is 0 Å². The average Bonchev–Trinajstić information content (AvgIpc) is 3.40. The van der Waals surface area contributed by atoms with Crippen LogP contribution in [0.2, 0.25) is 0 Å². The van der Waals surface area contributed by atoms with E-state index >= 15 is 0 Å². The molecule has 11 nitrogen and oxygen atoms in total. The number of carbonyl (C=O) groups is 2. The third-order valence-electron chi connectivity index (χ3n) is 8.34. The van der Waals surface area contributed by atoms with Gasteiger partial charge in [0, 0.05) is 32.1 Å². The number of hydrogen-bond donors (Lipinski definition) is 2. The number of aromatic nitrogens is 3. The van der Waals surface area contributed by atoms with Crippen LogP contribution < -0.4 is 0 Å². The molecule has 43 heavy (non-hydrogen) atoms. The molecule has 12 heteroatoms. The van der Waals surface area contributed by atoms with Gasteiger partial charge in [-0.15, -0.1) is 5.10 Å². The molecule has 1 fully saturated rings. The Balaban J connectivity index is 1.61. The summed E-state index contributed by atoms with van der Waals surface area (Å²) in [5, 5.41) is 28.1. The summed E-state index contributed by atoms with van der Waals surface area (Å²) in [4.78, 5) is 29.7. The molecule has 0 bridgehead atoms. The predicted molar refractivity (Wildman–Crippen MR) is 159 cm³/mol. The van der Waals surface area contributed by atoms with Crippen LogP contribution in [-0.2, 0) is 14.3 Å². The van der Waals surface area contributed by atoms with E-state index in [1.165, 1.54) is 10.7 Å². The number of carbonyl (C=O) groups excluding carboxylic acids is 2. The molecule has 2 aliphatic heterocycles. The number of benzene rings is 1. The van der Waals surface area contributed by atoms with Crippen LogP contribution in [0, 0.1) is 17.7 Å². The second kappa shape index (κ2) is 14.4. The number of aliphatic hydroxyl groups excluding tert-OH is 2. The van der Waals surface area contributed by atoms with Crippen molar-refractivity contribution in [2.45, 2.75) is 71.3 Å². The number of hydrogen-bond acceptors (Lipinski definition) is 9. The lowest BCUT2D eigenvalue weighted by atomic mass is 9.91. The molecule has 0 radical (unpaired) electrons. The van der Waals surface area contributed by atoms with E-state index in [9.17, 15) is 24.2 Å². The number of nitrogens with zero attached hydrogens (tertiary/aromatic N) is 5. The molecule has 0 unspecified atom stereocenters. The van der Waals surface area contributed by atoms with Gasteiger partial charge in [0.25, 0.3) is 0 Å². The highest BCUT2D eigenvalue weighted by molar-refractivity contribution is 5.79. The van der Waals surface area contributed by atoms with Crippen molar-refractivity contribution in [2.24, 2.45) is 11.8 Å². The zero-order valence-corrected chi connectivity index (χ0v) is 25.6. The van der Waals surface area contributed by atoms with Crippen molar-refractivity contribution in [3.8, 4) is 0 Å². The highest BCUT2D eigenvalue weighted by atomic mass is 19.1. The van der Waals surface area contributed by atoms with Crippen molar-refractivity contribution >= 4 is 29.2 Å². The quantitative estimate of drug-likeness (QED) is 0.390. The Bertz CT molecular complexity index is 1340. The summed E-state index contributed by atoms with van der Waals surface area (Å²) in [5.41, 5.74) is 1.71. The molecule has 1 amide bonds. The number of ether oxygens (including phenoxy) is 2. The third kappa shape index (κ3) is 8.18. The van der Waals surface area contributed by atoms with Crippen LogP contribution in [0.5, 0.6) is 0 Å². The van der Waals surface area contributed by atoms with E-state index in [0.29, 0.717) is 42.6 Å². The molecule has 6 atom stereocenters. The Kier molecular flexibility index (Phi) is 10.9. The molecule has 1 aromatic heterocycles. The lowest BCUT2D eigenvalue weighted by molar-refractivity contribution is -0.151. The van der Waals surface area contributed by atoms with Crippen molar-refractivity contribution in [1.82, 2.24) is 24.8 Å². The first-order valence-electron chi connectivity index (χ1n) is 15.0. The maximum Gasteiger partial charge on any atom is 0.410 e. The van der Waals surface area contributed by atoms with Crippen LogP contribution in [0.25, 0.3) is 17.1 Å². The summed E-state index contributed by atoms with van der Waals surface area (Å²) < 4.78 is 28.3. The lowest BCUT2D eigenvalue weighted by Gasteiger charge is -2.33. The molecule has 0 spiro atoms. The summed E-state index contributed by atoms with van der Waals surface area (Å²) in [6.45, 7) is 9.99. The minimum Gasteiger partial charge on any atom is -0.457 e. The Hall–Kier alpha value is -3.35. The second-order valence-electron chi connectivity index (χ2n) is 12.0. The van der Waals surface area contributed by atoms with Crippen LogP contribution >= 0.6 is 0 Å². The van der Waals surface area contributed by atoms with Crippen LogP contribution in [0.4, 0.5) is 9.18 Å². The Labute approximate surface area is 251 Å². The van der Waals surface area contributed by atoms with Gasteiger partial charge in [-0.3, -0.25) is 4.79 Å². The second-order valence-corrected chi connectivity index (χ2v) is 12.0. The Morgan fingerprint density at radius 3 is 2.63 bits per heavy atom. The number of esters is 1. The maximum atomic E-state index is 15.0. The number of likely N-dealkylation sites (N-methyl/N-ethyl adjacent to an activating group) is 1. The fourth-order valence-electron chi connectivity index (χ4n) is 5.48. The van der Waals surface area contributed by atoms with E-state index in [4.69, 9.17) is 9.47 Å². The summed E-state index contributed by atoms with van der Waals surface area (Å²) in [5.74, 6) is -1.50. The first kappa shape index (κ1) is 32.6. The van der Waals surface area contributed by atoms with E-state index in [-0.39, 0.29) is 36.5 Å². The fourth-order valence-corrected chi connectivity index (χ4v) is 5.48. The first-order chi connectivity index (χ1) is 20.5. The molecular weight excluding hydrogens is 557 g/mol. The molecule has 1 aromatic carbocycles. The molecule has 1 saturated heterocycles. The molecule has 3 heterocycles. The first-order valence-corrected chi connectivity index (χ1v) is 15.0. The monoisotopic (exact) mass is 601 g/mol. The minimum atomic E-state index is -0.898. The predicted octanol–water partition coefficient (Wildman–Crippen LogP) is 3.56. The van der Waals surface area contributed by atoms with Crippen LogP contribution in [-0.4, -0.2) is 105 Å². The van der Waals surface area contributed by atoms with E-state index in [1.54, 1.807) is 30.9 Å². The van der Waals surface area contributed by atoms with Gasteiger partial charge in [-0.05, 0) is 69.0 Å². The number of cyclic esters (lactones) is 1. The molecular formula is C31H44FN5O6. The number of aliphatic hydroxyl groups is 2. The average molecular weight is 602 g/mol. The largest absolute Gasteiger partial charge is 0.457 e. The summed E-state index contributed by atoms with van der Waals surface area (Å²) in [6, 6.07) is 2.67. The van der Waals surface area contributed by atoms with Crippen molar-refractivity contribution in [3.63, 3.8) is 0 Å². The number of fused-ring (bicyclic) bond motifs is 1. The summed E-state index contributed by atoms with van der Waals surface area (Å²) in [6.07, 6.45) is 3.71. The van der Waals surface area contributed by atoms with E-state index < -0.39 is 36.1 Å². The normalized spacial score (nSPS) is 28.1. The van der Waals surface area contributed by atoms with Gasteiger partial charge < -0.3 is 29.5 Å². The van der Waals surface area contributed by atoms with Crippen LogP contribution in [0.15, 0.2) is 29.9 Å². The summed E-state index contributed by atoms with van der Waals surface area (Å²) in [7, 11) is 2.02. The van der Waals surface area contributed by atoms with Gasteiger partial charge in [0.2, 0.25) is 0 Å². The third-order valence-corrected chi connectivity index (χ3v) is 8.34. The zero-order valence-electron chi connectivity index (χ0n) is 25.6. The van der Waals surface area contributed by atoms with Gasteiger partial charge >= 0.3 is 12.1 Å². The highest BCUT2D eigenvalue weighted by Crippen LogP contribution is 2.27. The molecule has 2 aromatic rings. The van der Waals surface area contributed by atoms with E-state index in [2.05, 4.69) is 15.2 Å². The SMILES string of the molecule is C/C(=C\c1cc(F)c2nnn([C@@H](C)CO)c2c1)[C@H]1OC(=O)C[C@@H](O)CC[C@@H](C)[C@H](OC(=O)N2CCN(C)CC2)/C=C/[C@@H]1C. The number of amides is 1. The van der Waals surface area contributed by atoms with E-state index in [1.807, 2.05) is 33.0 Å². The molecule has 2 aliphatic rings.